The van der Waals surface area contributed by atoms with Crippen LogP contribution in [0.4, 0.5) is 5.69 Å². The minimum atomic E-state index is 0.0444. The van der Waals surface area contributed by atoms with Gasteiger partial charge in [-0.1, -0.05) is 0 Å². The predicted octanol–water partition coefficient (Wildman–Crippen LogP) is 0.679. The average molecular weight is 194 g/mol. The molecular formula is C10H14N2O2. The number of anilines is 1. The van der Waals surface area contributed by atoms with Gasteiger partial charge in [-0.15, -0.1) is 0 Å². The molecule has 0 bridgehead atoms. The zero-order chi connectivity index (χ0) is 9.97. The van der Waals surface area contributed by atoms with Gasteiger partial charge in [0.05, 0.1) is 24.9 Å². The molecule has 1 fully saturated rings. The molecule has 2 heterocycles. The van der Waals surface area contributed by atoms with Crippen molar-refractivity contribution in [2.45, 2.75) is 19.5 Å². The Morgan fingerprint density at radius 2 is 2.36 bits per heavy atom. The van der Waals surface area contributed by atoms with Crippen molar-refractivity contribution in [1.29, 1.82) is 0 Å². The van der Waals surface area contributed by atoms with Crippen LogP contribution in [0.5, 0.6) is 0 Å². The Morgan fingerprint density at radius 3 is 2.93 bits per heavy atom. The summed E-state index contributed by atoms with van der Waals surface area (Å²) in [7, 11) is 0. The standard InChI is InChI=1S/C10H14N2O2/c1-2-12-5-8(3-4-10(12)13)11-9-6-14-7-9/h3-5,9,11H,2,6-7H2,1H3. The van der Waals surface area contributed by atoms with Crippen LogP contribution >= 0.6 is 0 Å². The van der Waals surface area contributed by atoms with Gasteiger partial charge in [-0.3, -0.25) is 4.79 Å². The summed E-state index contributed by atoms with van der Waals surface area (Å²) in [5.41, 5.74) is 1.03. The first-order valence-electron chi connectivity index (χ1n) is 4.84. The monoisotopic (exact) mass is 194 g/mol. The van der Waals surface area contributed by atoms with Crippen molar-refractivity contribution in [2.75, 3.05) is 18.5 Å². The fourth-order valence-corrected chi connectivity index (χ4v) is 1.42. The van der Waals surface area contributed by atoms with Crippen LogP contribution in [0, 0.1) is 0 Å². The molecule has 1 aromatic heterocycles. The van der Waals surface area contributed by atoms with Crippen molar-refractivity contribution >= 4 is 5.69 Å². The quantitative estimate of drug-likeness (QED) is 0.769. The summed E-state index contributed by atoms with van der Waals surface area (Å²) < 4.78 is 6.74. The second-order valence-corrected chi connectivity index (χ2v) is 3.42. The first kappa shape index (κ1) is 9.27. The molecule has 0 saturated carbocycles. The van der Waals surface area contributed by atoms with E-state index in [0.717, 1.165) is 18.9 Å². The SMILES string of the molecule is CCn1cc(NC2COC2)ccc1=O. The van der Waals surface area contributed by atoms with E-state index in [1.807, 2.05) is 19.2 Å². The summed E-state index contributed by atoms with van der Waals surface area (Å²) in [6, 6.07) is 3.80. The van der Waals surface area contributed by atoms with E-state index in [-0.39, 0.29) is 5.56 Å². The number of hydrogen-bond acceptors (Lipinski definition) is 3. The Balaban J connectivity index is 2.13. The number of nitrogens with one attached hydrogen (secondary N) is 1. The van der Waals surface area contributed by atoms with E-state index in [2.05, 4.69) is 5.32 Å². The lowest BCUT2D eigenvalue weighted by molar-refractivity contribution is 0.0211. The summed E-state index contributed by atoms with van der Waals surface area (Å²) in [5, 5.41) is 3.30. The Kier molecular flexibility index (Phi) is 2.54. The van der Waals surface area contributed by atoms with Crippen LogP contribution in [0.25, 0.3) is 0 Å². The largest absolute Gasteiger partial charge is 0.377 e. The fourth-order valence-electron chi connectivity index (χ4n) is 1.42. The molecule has 0 unspecified atom stereocenters. The van der Waals surface area contributed by atoms with Crippen molar-refractivity contribution in [1.82, 2.24) is 4.57 Å². The molecule has 0 radical (unpaired) electrons. The topological polar surface area (TPSA) is 43.3 Å². The normalized spacial score (nSPS) is 16.4. The van der Waals surface area contributed by atoms with E-state index < -0.39 is 0 Å². The van der Waals surface area contributed by atoms with Gasteiger partial charge in [0.1, 0.15) is 0 Å². The molecular weight excluding hydrogens is 180 g/mol. The van der Waals surface area contributed by atoms with Gasteiger partial charge >= 0.3 is 0 Å². The lowest BCUT2D eigenvalue weighted by Gasteiger charge is -2.27. The maximum Gasteiger partial charge on any atom is 0.250 e. The molecule has 1 saturated heterocycles. The third-order valence-electron chi connectivity index (χ3n) is 2.33. The average Bonchev–Trinajstić information content (AvgIpc) is 2.14. The lowest BCUT2D eigenvalue weighted by atomic mass is 10.2. The maximum absolute atomic E-state index is 11.3. The molecule has 0 atom stereocenters. The van der Waals surface area contributed by atoms with Crippen LogP contribution in [0.15, 0.2) is 23.1 Å². The van der Waals surface area contributed by atoms with Crippen LogP contribution in [0.2, 0.25) is 0 Å². The summed E-state index contributed by atoms with van der Waals surface area (Å²) in [6.45, 7) is 4.17. The highest BCUT2D eigenvalue weighted by Gasteiger charge is 2.17. The molecule has 1 aliphatic heterocycles. The maximum atomic E-state index is 11.3. The van der Waals surface area contributed by atoms with Gasteiger partial charge in [0.25, 0.3) is 5.56 Å². The summed E-state index contributed by atoms with van der Waals surface area (Å²) >= 11 is 0. The van der Waals surface area contributed by atoms with Crippen LogP contribution in [-0.2, 0) is 11.3 Å². The Hall–Kier alpha value is -1.29. The highest BCUT2D eigenvalue weighted by Crippen LogP contribution is 2.10. The zero-order valence-electron chi connectivity index (χ0n) is 8.19. The van der Waals surface area contributed by atoms with Crippen molar-refractivity contribution in [3.8, 4) is 0 Å². The first-order valence-corrected chi connectivity index (χ1v) is 4.84. The second-order valence-electron chi connectivity index (χ2n) is 3.42. The van der Waals surface area contributed by atoms with Gasteiger partial charge in [-0.25, -0.2) is 0 Å². The van der Waals surface area contributed by atoms with Crippen molar-refractivity contribution in [3.63, 3.8) is 0 Å². The molecule has 0 amide bonds. The number of pyridine rings is 1. The second kappa shape index (κ2) is 3.84. The van der Waals surface area contributed by atoms with Gasteiger partial charge in [-0.2, -0.15) is 0 Å². The molecule has 4 nitrogen and oxygen atoms in total. The van der Waals surface area contributed by atoms with E-state index in [9.17, 15) is 4.79 Å². The van der Waals surface area contributed by atoms with Crippen molar-refractivity contribution in [2.24, 2.45) is 0 Å². The molecule has 4 heteroatoms. The Labute approximate surface area is 82.5 Å². The summed E-state index contributed by atoms with van der Waals surface area (Å²) in [6.07, 6.45) is 1.85. The highest BCUT2D eigenvalue weighted by molar-refractivity contribution is 5.41. The molecule has 1 aliphatic rings. The van der Waals surface area contributed by atoms with Crippen LogP contribution < -0.4 is 10.9 Å². The third-order valence-corrected chi connectivity index (χ3v) is 2.33. The van der Waals surface area contributed by atoms with E-state index in [0.29, 0.717) is 12.6 Å². The molecule has 1 N–H and O–H groups in total. The molecule has 2 rings (SSSR count). The van der Waals surface area contributed by atoms with Crippen LogP contribution in [0.3, 0.4) is 0 Å². The number of ether oxygens (including phenoxy) is 1. The minimum absolute atomic E-state index is 0.0444. The van der Waals surface area contributed by atoms with E-state index in [4.69, 9.17) is 4.74 Å². The smallest absolute Gasteiger partial charge is 0.250 e. The van der Waals surface area contributed by atoms with E-state index in [1.54, 1.807) is 10.6 Å². The van der Waals surface area contributed by atoms with Crippen molar-refractivity contribution < 1.29 is 4.74 Å². The molecule has 1 aromatic rings. The lowest BCUT2D eigenvalue weighted by Crippen LogP contribution is -2.40. The van der Waals surface area contributed by atoms with Crippen LogP contribution in [-0.4, -0.2) is 23.8 Å². The Morgan fingerprint density at radius 1 is 1.57 bits per heavy atom. The molecule has 0 spiro atoms. The number of aryl methyl sites for hydroxylation is 1. The number of hydrogen-bond donors (Lipinski definition) is 1. The minimum Gasteiger partial charge on any atom is -0.377 e. The van der Waals surface area contributed by atoms with Gasteiger partial charge in [-0.05, 0) is 13.0 Å². The van der Waals surface area contributed by atoms with Crippen molar-refractivity contribution in [3.05, 3.63) is 28.7 Å². The van der Waals surface area contributed by atoms with Crippen LogP contribution in [0.1, 0.15) is 6.92 Å². The molecule has 0 aromatic carbocycles. The fraction of sp³-hybridized carbons (Fsp3) is 0.500. The number of rotatable bonds is 3. The Bertz CT molecular complexity index is 369. The predicted molar refractivity (Wildman–Crippen MR) is 54.6 cm³/mol. The number of nitrogens with zero attached hydrogens (tertiary/aromatic N) is 1. The molecule has 0 aliphatic carbocycles. The van der Waals surface area contributed by atoms with E-state index in [1.165, 1.54) is 0 Å². The van der Waals surface area contributed by atoms with Gasteiger partial charge in [0, 0.05) is 18.8 Å². The van der Waals surface area contributed by atoms with Gasteiger partial charge in [0.15, 0.2) is 0 Å². The third kappa shape index (κ3) is 1.80. The highest BCUT2D eigenvalue weighted by atomic mass is 16.5. The van der Waals surface area contributed by atoms with Gasteiger partial charge < -0.3 is 14.6 Å². The molecule has 14 heavy (non-hydrogen) atoms. The first-order chi connectivity index (χ1) is 6.79. The van der Waals surface area contributed by atoms with Gasteiger partial charge in [0.2, 0.25) is 0 Å². The summed E-state index contributed by atoms with van der Waals surface area (Å²) in [5.74, 6) is 0. The molecule has 76 valence electrons. The van der Waals surface area contributed by atoms with E-state index >= 15 is 0 Å². The summed E-state index contributed by atoms with van der Waals surface area (Å²) in [4.78, 5) is 11.3. The zero-order valence-corrected chi connectivity index (χ0v) is 8.19. The number of aromatic nitrogens is 1.